The second kappa shape index (κ2) is 3.92. The third-order valence-corrected chi connectivity index (χ3v) is 1.85. The van der Waals surface area contributed by atoms with E-state index in [2.05, 4.69) is 6.07 Å². The molecule has 0 unspecified atom stereocenters. The number of hydrogen-bond acceptors (Lipinski definition) is 3. The molecule has 0 aliphatic carbocycles. The fraction of sp³-hybridized carbons (Fsp3) is 0.300. The summed E-state index contributed by atoms with van der Waals surface area (Å²) in [7, 11) is 1.55. The van der Waals surface area contributed by atoms with Crippen LogP contribution in [0.25, 0.3) is 0 Å². The first-order valence-corrected chi connectivity index (χ1v) is 4.00. The van der Waals surface area contributed by atoms with E-state index in [1.807, 2.05) is 13.0 Å². The van der Waals surface area contributed by atoms with Crippen LogP contribution in [0.15, 0.2) is 12.1 Å². The smallest absolute Gasteiger partial charge is 0.141 e. The molecule has 0 spiro atoms. The maximum Gasteiger partial charge on any atom is 0.141 e. The van der Waals surface area contributed by atoms with Gasteiger partial charge in [-0.05, 0) is 18.6 Å². The Morgan fingerprint density at radius 2 is 2.23 bits per heavy atom. The molecule has 13 heavy (non-hydrogen) atoms. The molecule has 1 aromatic carbocycles. The quantitative estimate of drug-likeness (QED) is 0.739. The summed E-state index contributed by atoms with van der Waals surface area (Å²) in [5, 5.41) is 8.82. The highest BCUT2D eigenvalue weighted by Crippen LogP contribution is 2.24. The Morgan fingerprint density at radius 1 is 1.54 bits per heavy atom. The Hall–Kier alpha value is -1.53. The summed E-state index contributed by atoms with van der Waals surface area (Å²) >= 11 is 0. The monoisotopic (exact) mass is 176 g/mol. The summed E-state index contributed by atoms with van der Waals surface area (Å²) < 4.78 is 5.11. The molecule has 0 atom stereocenters. The highest BCUT2D eigenvalue weighted by molar-refractivity contribution is 5.50. The molecule has 3 nitrogen and oxygen atoms in total. The predicted molar refractivity (Wildman–Crippen MR) is 50.3 cm³/mol. The molecule has 0 amide bonds. The van der Waals surface area contributed by atoms with Crippen LogP contribution in [0.5, 0.6) is 5.75 Å². The van der Waals surface area contributed by atoms with E-state index in [1.54, 1.807) is 13.2 Å². The highest BCUT2D eigenvalue weighted by atomic mass is 16.5. The second-order valence-corrected chi connectivity index (χ2v) is 2.82. The van der Waals surface area contributed by atoms with Crippen LogP contribution in [0.1, 0.15) is 16.7 Å². The Balaban J connectivity index is 3.36. The molecule has 0 aromatic heterocycles. The lowest BCUT2D eigenvalue weighted by molar-refractivity contribution is 0.408. The van der Waals surface area contributed by atoms with Crippen molar-refractivity contribution in [3.05, 3.63) is 28.8 Å². The van der Waals surface area contributed by atoms with Gasteiger partial charge in [-0.15, -0.1) is 0 Å². The highest BCUT2D eigenvalue weighted by Gasteiger charge is 2.08. The van der Waals surface area contributed by atoms with E-state index in [9.17, 15) is 0 Å². The van der Waals surface area contributed by atoms with Crippen molar-refractivity contribution in [1.82, 2.24) is 0 Å². The average Bonchev–Trinajstić information content (AvgIpc) is 2.16. The minimum absolute atomic E-state index is 0.388. The summed E-state index contributed by atoms with van der Waals surface area (Å²) in [5.41, 5.74) is 7.97. The first-order valence-electron chi connectivity index (χ1n) is 4.00. The Bertz CT molecular complexity index is 353. The van der Waals surface area contributed by atoms with Crippen LogP contribution in [-0.4, -0.2) is 7.11 Å². The number of ether oxygens (including phenoxy) is 1. The fourth-order valence-corrected chi connectivity index (χ4v) is 1.32. The molecule has 0 saturated carbocycles. The lowest BCUT2D eigenvalue weighted by Gasteiger charge is -2.09. The van der Waals surface area contributed by atoms with E-state index in [4.69, 9.17) is 15.7 Å². The molecule has 0 fully saturated rings. The molecule has 1 aromatic rings. The van der Waals surface area contributed by atoms with Crippen molar-refractivity contribution in [2.24, 2.45) is 5.73 Å². The predicted octanol–water partition coefficient (Wildman–Crippen LogP) is 1.33. The van der Waals surface area contributed by atoms with Crippen molar-refractivity contribution in [2.45, 2.75) is 13.5 Å². The number of hydrogen-bond donors (Lipinski definition) is 1. The molecule has 0 aliphatic rings. The lowest BCUT2D eigenvalue weighted by atomic mass is 10.1. The average molecular weight is 176 g/mol. The number of benzene rings is 1. The summed E-state index contributed by atoms with van der Waals surface area (Å²) in [4.78, 5) is 0. The Labute approximate surface area is 77.7 Å². The van der Waals surface area contributed by atoms with Gasteiger partial charge in [0.15, 0.2) is 0 Å². The number of nitrogens with two attached hydrogens (primary N) is 1. The Kier molecular flexibility index (Phi) is 2.88. The van der Waals surface area contributed by atoms with Gasteiger partial charge in [0.05, 0.1) is 12.7 Å². The first kappa shape index (κ1) is 9.56. The number of nitriles is 1. The van der Waals surface area contributed by atoms with Crippen LogP contribution in [0, 0.1) is 18.3 Å². The molecule has 0 radical (unpaired) electrons. The zero-order chi connectivity index (χ0) is 9.84. The number of methoxy groups -OCH3 is 1. The first-order chi connectivity index (χ1) is 6.22. The Morgan fingerprint density at radius 3 is 2.69 bits per heavy atom. The molecule has 0 saturated heterocycles. The summed E-state index contributed by atoms with van der Waals surface area (Å²) in [6, 6.07) is 5.80. The fourth-order valence-electron chi connectivity index (χ4n) is 1.32. The molecule has 68 valence electrons. The third kappa shape index (κ3) is 1.79. The summed E-state index contributed by atoms with van der Waals surface area (Å²) in [6.45, 7) is 2.32. The maximum absolute atomic E-state index is 8.82. The van der Waals surface area contributed by atoms with Crippen LogP contribution in [0.3, 0.4) is 0 Å². The number of rotatable bonds is 2. The normalized spacial score (nSPS) is 9.38. The van der Waals surface area contributed by atoms with Crippen molar-refractivity contribution >= 4 is 0 Å². The van der Waals surface area contributed by atoms with Gasteiger partial charge in [-0.2, -0.15) is 5.26 Å². The van der Waals surface area contributed by atoms with Gasteiger partial charge in [0, 0.05) is 12.1 Å². The van der Waals surface area contributed by atoms with E-state index in [0.29, 0.717) is 17.9 Å². The van der Waals surface area contributed by atoms with Gasteiger partial charge in [0.1, 0.15) is 11.8 Å². The summed E-state index contributed by atoms with van der Waals surface area (Å²) in [5.74, 6) is 0.593. The van der Waals surface area contributed by atoms with Gasteiger partial charge in [-0.3, -0.25) is 0 Å². The minimum Gasteiger partial charge on any atom is -0.495 e. The molecule has 1 rings (SSSR count). The third-order valence-electron chi connectivity index (χ3n) is 1.85. The molecule has 0 bridgehead atoms. The van der Waals surface area contributed by atoms with E-state index in [0.717, 1.165) is 11.1 Å². The van der Waals surface area contributed by atoms with Gasteiger partial charge in [-0.1, -0.05) is 6.07 Å². The largest absolute Gasteiger partial charge is 0.495 e. The lowest BCUT2D eigenvalue weighted by Crippen LogP contribution is -2.02. The van der Waals surface area contributed by atoms with Crippen molar-refractivity contribution in [3.63, 3.8) is 0 Å². The molecular formula is C10H12N2O. The molecular weight excluding hydrogens is 164 g/mol. The van der Waals surface area contributed by atoms with Gasteiger partial charge in [0.2, 0.25) is 0 Å². The van der Waals surface area contributed by atoms with Gasteiger partial charge >= 0.3 is 0 Å². The van der Waals surface area contributed by atoms with Gasteiger partial charge in [0.25, 0.3) is 0 Å². The molecule has 0 aliphatic heterocycles. The van der Waals surface area contributed by atoms with Crippen molar-refractivity contribution < 1.29 is 4.74 Å². The zero-order valence-electron chi connectivity index (χ0n) is 7.79. The van der Waals surface area contributed by atoms with Crippen LogP contribution >= 0.6 is 0 Å². The topological polar surface area (TPSA) is 59.0 Å². The van der Waals surface area contributed by atoms with Crippen molar-refractivity contribution in [2.75, 3.05) is 7.11 Å². The number of aryl methyl sites for hydroxylation is 1. The van der Waals surface area contributed by atoms with E-state index in [-0.39, 0.29) is 0 Å². The molecule has 3 heteroatoms. The summed E-state index contributed by atoms with van der Waals surface area (Å²) in [6.07, 6.45) is 0. The molecule has 0 heterocycles. The van der Waals surface area contributed by atoms with Gasteiger partial charge < -0.3 is 10.5 Å². The van der Waals surface area contributed by atoms with E-state index < -0.39 is 0 Å². The van der Waals surface area contributed by atoms with Crippen LogP contribution < -0.4 is 10.5 Å². The van der Waals surface area contributed by atoms with Crippen LogP contribution in [0.2, 0.25) is 0 Å². The van der Waals surface area contributed by atoms with E-state index in [1.165, 1.54) is 0 Å². The van der Waals surface area contributed by atoms with Crippen molar-refractivity contribution in [1.29, 1.82) is 5.26 Å². The van der Waals surface area contributed by atoms with Crippen molar-refractivity contribution in [3.8, 4) is 11.8 Å². The maximum atomic E-state index is 8.82. The van der Waals surface area contributed by atoms with Crippen LogP contribution in [-0.2, 0) is 6.54 Å². The standard InChI is InChI=1S/C10H12N2O/c1-7-3-8(5-11)10(13-2)9(4-7)6-12/h3-4H,5,11H2,1-2H3. The van der Waals surface area contributed by atoms with E-state index >= 15 is 0 Å². The number of nitrogens with zero attached hydrogens (tertiary/aromatic N) is 1. The minimum atomic E-state index is 0.388. The molecule has 2 N–H and O–H groups in total. The second-order valence-electron chi connectivity index (χ2n) is 2.82. The zero-order valence-corrected chi connectivity index (χ0v) is 7.79. The van der Waals surface area contributed by atoms with Gasteiger partial charge in [-0.25, -0.2) is 0 Å². The SMILES string of the molecule is COc1c(C#N)cc(C)cc1CN. The van der Waals surface area contributed by atoms with Crippen LogP contribution in [0.4, 0.5) is 0 Å².